The van der Waals surface area contributed by atoms with Crippen molar-refractivity contribution in [3.8, 4) is 6.07 Å². The lowest BCUT2D eigenvalue weighted by Crippen LogP contribution is -2.03. The van der Waals surface area contributed by atoms with Crippen LogP contribution in [0.4, 0.5) is 23.1 Å². The zero-order valence-electron chi connectivity index (χ0n) is 12.5. The van der Waals surface area contributed by atoms with Crippen LogP contribution >= 0.6 is 0 Å². The third-order valence-electron chi connectivity index (χ3n) is 3.18. The Morgan fingerprint density at radius 2 is 1.78 bits per heavy atom. The first-order valence-corrected chi connectivity index (χ1v) is 7.04. The molecule has 23 heavy (non-hydrogen) atoms. The van der Waals surface area contributed by atoms with E-state index in [4.69, 9.17) is 5.26 Å². The first-order chi connectivity index (χ1) is 11.2. The number of hydrogen-bond donors (Lipinski definition) is 2. The summed E-state index contributed by atoms with van der Waals surface area (Å²) < 4.78 is 0. The van der Waals surface area contributed by atoms with Crippen LogP contribution in [-0.2, 0) is 0 Å². The summed E-state index contributed by atoms with van der Waals surface area (Å²) in [5.74, 6) is 0.894. The van der Waals surface area contributed by atoms with E-state index in [1.165, 1.54) is 11.8 Å². The predicted octanol–water partition coefficient (Wildman–Crippen LogP) is 3.54. The third-order valence-corrected chi connectivity index (χ3v) is 3.18. The molecule has 0 saturated heterocycles. The standard InChI is InChI=1S/C17H14N6/c1-12-6-8-14(9-7-12)20-17-22-16(11-19-23-17)21-15-5-3-2-4-13(15)10-18/h2-9,11H,1H3,(H2,20,21,22,23). The van der Waals surface area contributed by atoms with E-state index < -0.39 is 0 Å². The van der Waals surface area contributed by atoms with Gasteiger partial charge in [-0.3, -0.25) is 0 Å². The summed E-state index contributed by atoms with van der Waals surface area (Å²) >= 11 is 0. The van der Waals surface area contributed by atoms with Crippen LogP contribution in [0.15, 0.2) is 54.7 Å². The Morgan fingerprint density at radius 3 is 2.57 bits per heavy atom. The van der Waals surface area contributed by atoms with E-state index in [9.17, 15) is 0 Å². The molecule has 0 spiro atoms. The molecule has 112 valence electrons. The van der Waals surface area contributed by atoms with Crippen LogP contribution in [0.25, 0.3) is 0 Å². The molecular formula is C17H14N6. The summed E-state index contributed by atoms with van der Waals surface area (Å²) in [7, 11) is 0. The second-order valence-corrected chi connectivity index (χ2v) is 4.94. The van der Waals surface area contributed by atoms with Gasteiger partial charge in [-0.1, -0.05) is 29.8 Å². The second-order valence-electron chi connectivity index (χ2n) is 4.94. The highest BCUT2D eigenvalue weighted by atomic mass is 15.3. The van der Waals surface area contributed by atoms with Crippen LogP contribution in [0, 0.1) is 18.3 Å². The van der Waals surface area contributed by atoms with Crippen molar-refractivity contribution in [1.29, 1.82) is 5.26 Å². The van der Waals surface area contributed by atoms with Crippen LogP contribution in [0.1, 0.15) is 11.1 Å². The molecule has 0 amide bonds. The average molecular weight is 302 g/mol. The Labute approximate surface area is 133 Å². The van der Waals surface area contributed by atoms with Gasteiger partial charge in [0, 0.05) is 5.69 Å². The van der Waals surface area contributed by atoms with E-state index in [1.807, 2.05) is 49.4 Å². The molecule has 0 unspecified atom stereocenters. The summed E-state index contributed by atoms with van der Waals surface area (Å²) in [5.41, 5.74) is 3.28. The maximum Gasteiger partial charge on any atom is 0.249 e. The molecule has 0 saturated carbocycles. The van der Waals surface area contributed by atoms with Gasteiger partial charge in [0.2, 0.25) is 5.95 Å². The third kappa shape index (κ3) is 3.60. The van der Waals surface area contributed by atoms with Gasteiger partial charge in [-0.15, -0.1) is 5.10 Å². The molecular weight excluding hydrogens is 288 g/mol. The van der Waals surface area contributed by atoms with Crippen LogP contribution in [0.2, 0.25) is 0 Å². The number of anilines is 4. The Bertz CT molecular complexity index is 851. The number of nitriles is 1. The van der Waals surface area contributed by atoms with Crippen LogP contribution in [0.5, 0.6) is 0 Å². The van der Waals surface area contributed by atoms with E-state index in [0.717, 1.165) is 5.69 Å². The maximum atomic E-state index is 9.12. The van der Waals surface area contributed by atoms with Crippen molar-refractivity contribution in [3.63, 3.8) is 0 Å². The van der Waals surface area contributed by atoms with Gasteiger partial charge in [0.15, 0.2) is 5.82 Å². The van der Waals surface area contributed by atoms with Gasteiger partial charge in [0.05, 0.1) is 17.4 Å². The predicted molar refractivity (Wildman–Crippen MR) is 88.7 cm³/mol. The summed E-state index contributed by atoms with van der Waals surface area (Å²) in [6.07, 6.45) is 1.51. The molecule has 6 nitrogen and oxygen atoms in total. The van der Waals surface area contributed by atoms with Gasteiger partial charge in [-0.05, 0) is 31.2 Å². The molecule has 0 atom stereocenters. The van der Waals surface area contributed by atoms with Crippen molar-refractivity contribution in [2.75, 3.05) is 10.6 Å². The molecule has 2 aromatic carbocycles. The smallest absolute Gasteiger partial charge is 0.249 e. The van der Waals surface area contributed by atoms with E-state index >= 15 is 0 Å². The molecule has 2 N–H and O–H groups in total. The fourth-order valence-electron chi connectivity index (χ4n) is 2.01. The fraction of sp³-hybridized carbons (Fsp3) is 0.0588. The monoisotopic (exact) mass is 302 g/mol. The van der Waals surface area contributed by atoms with Crippen molar-refractivity contribution in [1.82, 2.24) is 15.2 Å². The Balaban J connectivity index is 1.80. The van der Waals surface area contributed by atoms with Crippen LogP contribution in [0.3, 0.4) is 0 Å². The average Bonchev–Trinajstić information content (AvgIpc) is 2.58. The highest BCUT2D eigenvalue weighted by molar-refractivity contribution is 5.64. The lowest BCUT2D eigenvalue weighted by molar-refractivity contribution is 0.982. The highest BCUT2D eigenvalue weighted by Gasteiger charge is 2.05. The number of rotatable bonds is 4. The summed E-state index contributed by atoms with van der Waals surface area (Å²) in [4.78, 5) is 4.36. The summed E-state index contributed by atoms with van der Waals surface area (Å²) in [6.45, 7) is 2.03. The van der Waals surface area contributed by atoms with E-state index in [-0.39, 0.29) is 0 Å². The first kappa shape index (κ1) is 14.5. The molecule has 1 aromatic heterocycles. The topological polar surface area (TPSA) is 86.5 Å². The molecule has 0 aliphatic carbocycles. The number of para-hydroxylation sites is 1. The minimum Gasteiger partial charge on any atom is -0.338 e. The van der Waals surface area contributed by atoms with Gasteiger partial charge in [-0.25, -0.2) is 0 Å². The Hall–Kier alpha value is -3.46. The maximum absolute atomic E-state index is 9.12. The molecule has 1 heterocycles. The van der Waals surface area contributed by atoms with E-state index in [1.54, 1.807) is 6.07 Å². The molecule has 6 heteroatoms. The van der Waals surface area contributed by atoms with E-state index in [2.05, 4.69) is 31.9 Å². The van der Waals surface area contributed by atoms with Gasteiger partial charge >= 0.3 is 0 Å². The largest absolute Gasteiger partial charge is 0.338 e. The zero-order chi connectivity index (χ0) is 16.1. The van der Waals surface area contributed by atoms with Crippen LogP contribution in [-0.4, -0.2) is 15.2 Å². The van der Waals surface area contributed by atoms with Gasteiger partial charge < -0.3 is 10.6 Å². The number of benzene rings is 2. The number of hydrogen-bond acceptors (Lipinski definition) is 6. The van der Waals surface area contributed by atoms with Gasteiger partial charge in [0.25, 0.3) is 0 Å². The molecule has 0 aliphatic rings. The van der Waals surface area contributed by atoms with Crippen molar-refractivity contribution in [3.05, 3.63) is 65.9 Å². The van der Waals surface area contributed by atoms with Crippen LogP contribution < -0.4 is 10.6 Å². The number of aromatic nitrogens is 3. The molecule has 3 aromatic rings. The van der Waals surface area contributed by atoms with E-state index in [0.29, 0.717) is 23.0 Å². The minimum absolute atomic E-state index is 0.383. The second kappa shape index (κ2) is 6.54. The Morgan fingerprint density at radius 1 is 1.00 bits per heavy atom. The van der Waals surface area contributed by atoms with Gasteiger partial charge in [-0.2, -0.15) is 15.3 Å². The minimum atomic E-state index is 0.383. The normalized spacial score (nSPS) is 9.91. The zero-order valence-corrected chi connectivity index (χ0v) is 12.5. The SMILES string of the molecule is Cc1ccc(Nc2nncc(Nc3ccccc3C#N)n2)cc1. The lowest BCUT2D eigenvalue weighted by Gasteiger charge is -2.08. The van der Waals surface area contributed by atoms with Crippen molar-refractivity contribution in [2.24, 2.45) is 0 Å². The number of nitrogens with one attached hydrogen (secondary N) is 2. The van der Waals surface area contributed by atoms with Crippen molar-refractivity contribution >= 4 is 23.1 Å². The number of aryl methyl sites for hydroxylation is 1. The molecule has 0 aliphatic heterocycles. The van der Waals surface area contributed by atoms with Gasteiger partial charge in [0.1, 0.15) is 6.07 Å². The molecule has 0 fully saturated rings. The fourth-order valence-corrected chi connectivity index (χ4v) is 2.01. The number of nitrogens with zero attached hydrogens (tertiary/aromatic N) is 4. The molecule has 0 bridgehead atoms. The Kier molecular flexibility index (Phi) is 4.11. The van der Waals surface area contributed by atoms with Crippen molar-refractivity contribution < 1.29 is 0 Å². The lowest BCUT2D eigenvalue weighted by atomic mass is 10.2. The molecule has 0 radical (unpaired) electrons. The molecule has 3 rings (SSSR count). The summed E-state index contributed by atoms with van der Waals surface area (Å²) in [5, 5.41) is 23.2. The quantitative estimate of drug-likeness (QED) is 0.766. The highest BCUT2D eigenvalue weighted by Crippen LogP contribution is 2.19. The summed E-state index contributed by atoms with van der Waals surface area (Å²) in [6, 6.07) is 17.2. The first-order valence-electron chi connectivity index (χ1n) is 7.04. The van der Waals surface area contributed by atoms with Crippen molar-refractivity contribution in [2.45, 2.75) is 6.92 Å².